The Bertz CT molecular complexity index is 720. The fourth-order valence-corrected chi connectivity index (χ4v) is 6.06. The zero-order valence-electron chi connectivity index (χ0n) is 16.7. The number of rotatable bonds is 3. The molecule has 4 rings (SSSR count). The maximum atomic E-state index is 12.5. The van der Waals surface area contributed by atoms with Crippen LogP contribution in [0.25, 0.3) is 0 Å². The van der Waals surface area contributed by atoms with Crippen molar-refractivity contribution in [3.63, 3.8) is 0 Å². The summed E-state index contributed by atoms with van der Waals surface area (Å²) in [5.74, 6) is 1.74. The third-order valence-corrected chi connectivity index (χ3v) is 7.24. The molecule has 27 heavy (non-hydrogen) atoms. The number of allylic oxidation sites excluding steroid dienone is 1. The Balaban J connectivity index is 1.73. The second kappa shape index (κ2) is 6.22. The minimum absolute atomic E-state index is 0.0791. The summed E-state index contributed by atoms with van der Waals surface area (Å²) >= 11 is 0. The molecule has 0 aromatic heterocycles. The van der Waals surface area contributed by atoms with Crippen LogP contribution in [-0.4, -0.2) is 72.5 Å². The number of aliphatic hydroxyl groups is 1. The lowest BCUT2D eigenvalue weighted by molar-refractivity contribution is -0.202. The molecule has 2 bridgehead atoms. The molecule has 5 atom stereocenters. The minimum Gasteiger partial charge on any atom is -0.486 e. The Morgan fingerprint density at radius 1 is 1.56 bits per heavy atom. The maximum Gasteiger partial charge on any atom is 0.414 e. The van der Waals surface area contributed by atoms with Crippen LogP contribution in [-0.2, 0) is 9.47 Å². The summed E-state index contributed by atoms with van der Waals surface area (Å²) in [7, 11) is 3.77. The number of likely N-dealkylation sites (tertiary alicyclic amines) is 1. The normalized spacial score (nSPS) is 40.2. The molecular weight excluding hydrogens is 346 g/mol. The number of nitrogens with two attached hydrogens (primary N) is 1. The van der Waals surface area contributed by atoms with E-state index in [2.05, 4.69) is 18.9 Å². The minimum atomic E-state index is -0.899. The molecule has 1 amide bonds. The van der Waals surface area contributed by atoms with Crippen LogP contribution in [0.4, 0.5) is 4.79 Å². The van der Waals surface area contributed by atoms with Gasteiger partial charge in [0.2, 0.25) is 0 Å². The molecular formula is C20H31N3O4. The Hall–Kier alpha value is -1.57. The molecule has 2 fully saturated rings. The van der Waals surface area contributed by atoms with Gasteiger partial charge in [0.25, 0.3) is 0 Å². The smallest absolute Gasteiger partial charge is 0.414 e. The highest BCUT2D eigenvalue weighted by atomic mass is 16.6. The van der Waals surface area contributed by atoms with Crippen LogP contribution < -0.4 is 5.73 Å². The van der Waals surface area contributed by atoms with Crippen LogP contribution in [0.5, 0.6) is 0 Å². The molecule has 1 saturated carbocycles. The third kappa shape index (κ3) is 2.34. The third-order valence-electron chi connectivity index (χ3n) is 7.24. The number of hydrogen-bond acceptors (Lipinski definition) is 6. The van der Waals surface area contributed by atoms with Gasteiger partial charge in [0.1, 0.15) is 5.76 Å². The molecule has 0 aromatic carbocycles. The van der Waals surface area contributed by atoms with Crippen molar-refractivity contribution < 1.29 is 19.4 Å². The van der Waals surface area contributed by atoms with Crippen molar-refractivity contribution in [2.75, 3.05) is 33.7 Å². The van der Waals surface area contributed by atoms with Crippen molar-refractivity contribution in [3.05, 3.63) is 23.2 Å². The average Bonchev–Trinajstić information content (AvgIpc) is 2.92. The van der Waals surface area contributed by atoms with Gasteiger partial charge < -0.3 is 30.1 Å². The summed E-state index contributed by atoms with van der Waals surface area (Å²) in [6, 6.07) is 0.0791. The van der Waals surface area contributed by atoms with E-state index in [-0.39, 0.29) is 6.04 Å². The average molecular weight is 377 g/mol. The molecule has 7 heteroatoms. The monoisotopic (exact) mass is 377 g/mol. The lowest BCUT2D eigenvalue weighted by atomic mass is 9.48. The van der Waals surface area contributed by atoms with Gasteiger partial charge in [-0.3, -0.25) is 0 Å². The highest BCUT2D eigenvalue weighted by Gasteiger charge is 2.72. The fraction of sp³-hybridized carbons (Fsp3) is 0.750. The molecule has 1 spiro atoms. The first kappa shape index (κ1) is 18.8. The summed E-state index contributed by atoms with van der Waals surface area (Å²) < 4.78 is 12.0. The Morgan fingerprint density at radius 3 is 3.00 bits per heavy atom. The molecule has 2 aliphatic heterocycles. The summed E-state index contributed by atoms with van der Waals surface area (Å²) in [5.41, 5.74) is 5.35. The van der Waals surface area contributed by atoms with E-state index in [9.17, 15) is 9.90 Å². The van der Waals surface area contributed by atoms with Gasteiger partial charge in [0, 0.05) is 32.6 Å². The van der Waals surface area contributed by atoms with Gasteiger partial charge in [-0.15, -0.1) is 0 Å². The van der Waals surface area contributed by atoms with Crippen LogP contribution in [0.1, 0.15) is 33.1 Å². The molecule has 1 saturated heterocycles. The first-order valence-electron chi connectivity index (χ1n) is 9.90. The molecule has 0 aromatic rings. The summed E-state index contributed by atoms with van der Waals surface area (Å²) in [4.78, 5) is 16.2. The van der Waals surface area contributed by atoms with Crippen molar-refractivity contribution in [2.45, 2.75) is 50.9 Å². The molecule has 0 radical (unpaired) electrons. The van der Waals surface area contributed by atoms with Crippen molar-refractivity contribution in [2.24, 2.45) is 17.1 Å². The van der Waals surface area contributed by atoms with E-state index < -0.39 is 23.2 Å². The van der Waals surface area contributed by atoms with Crippen LogP contribution in [0.3, 0.4) is 0 Å². The van der Waals surface area contributed by atoms with E-state index in [1.807, 2.05) is 13.0 Å². The van der Waals surface area contributed by atoms with E-state index in [4.69, 9.17) is 15.2 Å². The van der Waals surface area contributed by atoms with Gasteiger partial charge >= 0.3 is 6.09 Å². The van der Waals surface area contributed by atoms with Crippen molar-refractivity contribution >= 4 is 6.09 Å². The van der Waals surface area contributed by atoms with E-state index in [0.717, 1.165) is 25.1 Å². The number of hydrogen-bond donors (Lipinski definition) is 2. The highest BCUT2D eigenvalue weighted by molar-refractivity contribution is 5.69. The van der Waals surface area contributed by atoms with Crippen molar-refractivity contribution in [1.82, 2.24) is 9.80 Å². The van der Waals surface area contributed by atoms with E-state index >= 15 is 0 Å². The SMILES string of the molecule is CC1=C2C(C)CC3N(C)CCC24C(O1)C(OC(=O)N(C)CCN)=CCC34O. The standard InChI is InChI=1S/C20H31N3O4/c1-12-11-15-20(25)6-5-14(27-18(24)23(4)10-8-21)17-19(20,7-9-22(15)3)16(12)13(2)26-17/h5,12,15,17,25H,6-11,21H2,1-4H3. The number of amides is 1. The maximum absolute atomic E-state index is 12.5. The Kier molecular flexibility index (Phi) is 4.33. The predicted octanol–water partition coefficient (Wildman–Crippen LogP) is 1.44. The lowest BCUT2D eigenvalue weighted by Crippen LogP contribution is -2.73. The summed E-state index contributed by atoms with van der Waals surface area (Å²) in [6.07, 6.45) is 3.16. The molecule has 2 heterocycles. The largest absolute Gasteiger partial charge is 0.486 e. The van der Waals surface area contributed by atoms with Crippen LogP contribution >= 0.6 is 0 Å². The predicted molar refractivity (Wildman–Crippen MR) is 101 cm³/mol. The second-order valence-electron chi connectivity index (χ2n) is 8.64. The number of ether oxygens (including phenoxy) is 2. The molecule has 5 unspecified atom stereocenters. The lowest BCUT2D eigenvalue weighted by Gasteiger charge is -2.63. The van der Waals surface area contributed by atoms with Crippen LogP contribution in [0.15, 0.2) is 23.2 Å². The number of carbonyl (C=O) groups excluding carboxylic acids is 1. The zero-order valence-corrected chi connectivity index (χ0v) is 16.7. The van der Waals surface area contributed by atoms with Crippen LogP contribution in [0.2, 0.25) is 0 Å². The molecule has 150 valence electrons. The number of piperidine rings is 1. The molecule has 7 nitrogen and oxygen atoms in total. The quantitative estimate of drug-likeness (QED) is 0.774. The zero-order chi connectivity index (χ0) is 19.6. The van der Waals surface area contributed by atoms with E-state index in [1.165, 1.54) is 10.5 Å². The number of likely N-dealkylation sites (N-methyl/N-ethyl adjacent to an activating group) is 2. The first-order chi connectivity index (χ1) is 12.8. The van der Waals surface area contributed by atoms with Gasteiger partial charge in [0.15, 0.2) is 6.10 Å². The highest BCUT2D eigenvalue weighted by Crippen LogP contribution is 2.66. The van der Waals surface area contributed by atoms with Gasteiger partial charge in [-0.1, -0.05) is 6.92 Å². The van der Waals surface area contributed by atoms with E-state index in [0.29, 0.717) is 31.2 Å². The summed E-state index contributed by atoms with van der Waals surface area (Å²) in [5, 5.41) is 11.9. The molecule has 4 aliphatic rings. The van der Waals surface area contributed by atoms with Crippen LogP contribution in [0, 0.1) is 11.3 Å². The Labute approximate surface area is 160 Å². The summed E-state index contributed by atoms with van der Waals surface area (Å²) in [6.45, 7) is 5.91. The van der Waals surface area contributed by atoms with Gasteiger partial charge in [-0.2, -0.15) is 0 Å². The fourth-order valence-electron chi connectivity index (χ4n) is 6.06. The van der Waals surface area contributed by atoms with E-state index in [1.54, 1.807) is 7.05 Å². The van der Waals surface area contributed by atoms with Gasteiger partial charge in [-0.05, 0) is 50.9 Å². The first-order valence-corrected chi connectivity index (χ1v) is 9.90. The number of carbonyl (C=O) groups is 1. The second-order valence-corrected chi connectivity index (χ2v) is 8.64. The molecule has 3 N–H and O–H groups in total. The Morgan fingerprint density at radius 2 is 2.30 bits per heavy atom. The van der Waals surface area contributed by atoms with Crippen molar-refractivity contribution in [3.8, 4) is 0 Å². The van der Waals surface area contributed by atoms with Gasteiger partial charge in [-0.25, -0.2) is 4.79 Å². The van der Waals surface area contributed by atoms with Crippen molar-refractivity contribution in [1.29, 1.82) is 0 Å². The molecule has 2 aliphatic carbocycles. The van der Waals surface area contributed by atoms with Gasteiger partial charge in [0.05, 0.1) is 16.8 Å². The topological polar surface area (TPSA) is 88.3 Å². The number of nitrogens with zero attached hydrogens (tertiary/aromatic N) is 2.